The molecule has 118 valence electrons. The largest absolute Gasteiger partial charge is 0.349 e. The van der Waals surface area contributed by atoms with Gasteiger partial charge in [0.15, 0.2) is 0 Å². The van der Waals surface area contributed by atoms with Crippen LogP contribution in [0.25, 0.3) is 0 Å². The zero-order chi connectivity index (χ0) is 15.3. The van der Waals surface area contributed by atoms with Gasteiger partial charge in [-0.2, -0.15) is 0 Å². The molecule has 2 nitrogen and oxygen atoms in total. The monoisotopic (exact) mass is 361 g/mol. The molecule has 4 aliphatic carbocycles. The average molecular weight is 362 g/mol. The highest BCUT2D eigenvalue weighted by Gasteiger charge is 2.53. The summed E-state index contributed by atoms with van der Waals surface area (Å²) in [5.74, 6) is 2.84. The first-order valence-electron chi connectivity index (χ1n) is 8.61. The molecule has 0 unspecified atom stereocenters. The Bertz CT molecular complexity index is 562. The van der Waals surface area contributed by atoms with Gasteiger partial charge in [-0.3, -0.25) is 4.79 Å². The molecule has 0 heterocycles. The van der Waals surface area contributed by atoms with E-state index in [1.807, 2.05) is 24.3 Å². The number of rotatable bonds is 3. The average Bonchev–Trinajstić information content (AvgIpc) is 2.46. The summed E-state index contributed by atoms with van der Waals surface area (Å²) in [6.07, 6.45) is 8.33. The summed E-state index contributed by atoms with van der Waals surface area (Å²) < 4.78 is 0.880. The molecule has 1 N–H and O–H groups in total. The third kappa shape index (κ3) is 2.42. The molecule has 0 aromatic heterocycles. The van der Waals surface area contributed by atoms with E-state index >= 15 is 0 Å². The predicted molar refractivity (Wildman–Crippen MR) is 91.7 cm³/mol. The van der Waals surface area contributed by atoms with Crippen LogP contribution in [-0.4, -0.2) is 11.9 Å². The quantitative estimate of drug-likeness (QED) is 0.824. The summed E-state index contributed by atoms with van der Waals surface area (Å²) in [7, 11) is 0. The summed E-state index contributed by atoms with van der Waals surface area (Å²) in [5.41, 5.74) is 1.12. The van der Waals surface area contributed by atoms with E-state index < -0.39 is 0 Å². The number of hydrogen-bond donors (Lipinski definition) is 1. The Labute approximate surface area is 141 Å². The molecule has 0 spiro atoms. The summed E-state index contributed by atoms with van der Waals surface area (Å²) in [5, 5.41) is 3.33. The molecule has 1 amide bonds. The summed E-state index contributed by atoms with van der Waals surface area (Å²) in [6.45, 7) is 2.24. The highest BCUT2D eigenvalue weighted by atomic mass is 79.9. The second kappa shape index (κ2) is 5.36. The maximum Gasteiger partial charge on any atom is 0.252 e. The van der Waals surface area contributed by atoms with Gasteiger partial charge in [-0.15, -0.1) is 0 Å². The van der Waals surface area contributed by atoms with Crippen LogP contribution in [0.1, 0.15) is 55.8 Å². The van der Waals surface area contributed by atoms with Crippen molar-refractivity contribution in [3.8, 4) is 0 Å². The summed E-state index contributed by atoms with van der Waals surface area (Å²) in [6, 6.07) is 7.98. The number of amides is 1. The van der Waals surface area contributed by atoms with E-state index in [1.165, 1.54) is 38.5 Å². The van der Waals surface area contributed by atoms with Crippen molar-refractivity contribution in [2.75, 3.05) is 0 Å². The molecule has 4 fully saturated rings. The van der Waals surface area contributed by atoms with Crippen molar-refractivity contribution in [2.45, 2.75) is 51.5 Å². The molecule has 4 aliphatic rings. The van der Waals surface area contributed by atoms with E-state index in [-0.39, 0.29) is 11.9 Å². The molecule has 22 heavy (non-hydrogen) atoms. The molecule has 4 saturated carbocycles. The van der Waals surface area contributed by atoms with Crippen LogP contribution in [0.4, 0.5) is 0 Å². The third-order valence-electron chi connectivity index (χ3n) is 6.47. The number of carbonyl (C=O) groups is 1. The van der Waals surface area contributed by atoms with Gasteiger partial charge in [0.25, 0.3) is 5.91 Å². The standard InChI is InChI=1S/C19H24BrNO/c1-12(21-18(22)16-4-2-3-5-17(16)20)19-9-13-6-14(10-19)8-15(7-13)11-19/h2-5,12-15H,6-11H2,1H3,(H,21,22)/t12-,13?,14?,15?,19?/m1/s1. The lowest BCUT2D eigenvalue weighted by molar-refractivity contribution is -0.0688. The van der Waals surface area contributed by atoms with E-state index in [9.17, 15) is 4.79 Å². The molecule has 0 saturated heterocycles. The first-order valence-corrected chi connectivity index (χ1v) is 9.40. The Kier molecular flexibility index (Phi) is 3.60. The number of carbonyl (C=O) groups excluding carboxylic acids is 1. The van der Waals surface area contributed by atoms with Crippen molar-refractivity contribution in [1.82, 2.24) is 5.32 Å². The normalized spacial score (nSPS) is 37.1. The molecular weight excluding hydrogens is 338 g/mol. The van der Waals surface area contributed by atoms with Gasteiger partial charge < -0.3 is 5.32 Å². The second-order valence-electron chi connectivity index (χ2n) is 7.95. The number of hydrogen-bond acceptors (Lipinski definition) is 1. The molecule has 0 aliphatic heterocycles. The Morgan fingerprint density at radius 2 is 1.68 bits per heavy atom. The minimum Gasteiger partial charge on any atom is -0.349 e. The predicted octanol–water partition coefficient (Wildman–Crippen LogP) is 4.78. The van der Waals surface area contributed by atoms with E-state index in [0.29, 0.717) is 5.41 Å². The Morgan fingerprint density at radius 1 is 1.14 bits per heavy atom. The lowest BCUT2D eigenvalue weighted by atomic mass is 9.48. The first kappa shape index (κ1) is 14.7. The molecule has 1 aromatic rings. The van der Waals surface area contributed by atoms with Gasteiger partial charge in [0.1, 0.15) is 0 Å². The summed E-state index contributed by atoms with van der Waals surface area (Å²) in [4.78, 5) is 12.6. The van der Waals surface area contributed by atoms with Crippen molar-refractivity contribution in [2.24, 2.45) is 23.2 Å². The van der Waals surface area contributed by atoms with Gasteiger partial charge in [0.2, 0.25) is 0 Å². The van der Waals surface area contributed by atoms with Gasteiger partial charge in [0, 0.05) is 10.5 Å². The molecule has 4 bridgehead atoms. The lowest BCUT2D eigenvalue weighted by Gasteiger charge is -2.59. The van der Waals surface area contributed by atoms with E-state index in [1.54, 1.807) is 0 Å². The molecule has 5 rings (SSSR count). The maximum absolute atomic E-state index is 12.6. The second-order valence-corrected chi connectivity index (χ2v) is 8.81. The Balaban J connectivity index is 1.52. The number of halogens is 1. The minimum absolute atomic E-state index is 0.0655. The minimum atomic E-state index is 0.0655. The van der Waals surface area contributed by atoms with Crippen molar-refractivity contribution in [3.63, 3.8) is 0 Å². The molecular formula is C19H24BrNO. The molecule has 1 aromatic carbocycles. The molecule has 1 atom stereocenters. The van der Waals surface area contributed by atoms with Crippen LogP contribution in [-0.2, 0) is 0 Å². The van der Waals surface area contributed by atoms with Gasteiger partial charge in [-0.1, -0.05) is 12.1 Å². The van der Waals surface area contributed by atoms with Gasteiger partial charge >= 0.3 is 0 Å². The van der Waals surface area contributed by atoms with Crippen LogP contribution in [0.2, 0.25) is 0 Å². The van der Waals surface area contributed by atoms with Gasteiger partial charge in [-0.25, -0.2) is 0 Å². The Hall–Kier alpha value is -0.830. The fraction of sp³-hybridized carbons (Fsp3) is 0.632. The van der Waals surface area contributed by atoms with Crippen LogP contribution in [0.5, 0.6) is 0 Å². The first-order chi connectivity index (χ1) is 10.6. The van der Waals surface area contributed by atoms with E-state index in [0.717, 1.165) is 27.8 Å². The zero-order valence-corrected chi connectivity index (χ0v) is 14.7. The smallest absolute Gasteiger partial charge is 0.252 e. The van der Waals surface area contributed by atoms with Gasteiger partial charge in [-0.05, 0) is 96.7 Å². The van der Waals surface area contributed by atoms with Crippen LogP contribution >= 0.6 is 15.9 Å². The fourth-order valence-electron chi connectivity index (χ4n) is 5.78. The van der Waals surface area contributed by atoms with E-state index in [4.69, 9.17) is 0 Å². The van der Waals surface area contributed by atoms with Crippen LogP contribution in [0.3, 0.4) is 0 Å². The lowest BCUT2D eigenvalue weighted by Crippen LogP contribution is -2.55. The SMILES string of the molecule is C[C@@H](NC(=O)c1ccccc1Br)C12CC3CC(CC(C3)C1)C2. The molecule has 3 heteroatoms. The van der Waals surface area contributed by atoms with Crippen molar-refractivity contribution >= 4 is 21.8 Å². The zero-order valence-electron chi connectivity index (χ0n) is 13.1. The topological polar surface area (TPSA) is 29.1 Å². The van der Waals surface area contributed by atoms with Crippen molar-refractivity contribution < 1.29 is 4.79 Å². The number of nitrogens with one attached hydrogen (secondary N) is 1. The fourth-order valence-corrected chi connectivity index (χ4v) is 6.25. The highest BCUT2D eigenvalue weighted by molar-refractivity contribution is 9.10. The molecule has 0 radical (unpaired) electrons. The van der Waals surface area contributed by atoms with E-state index in [2.05, 4.69) is 28.2 Å². The third-order valence-corrected chi connectivity index (χ3v) is 7.16. The van der Waals surface area contributed by atoms with Crippen LogP contribution in [0.15, 0.2) is 28.7 Å². The maximum atomic E-state index is 12.6. The number of benzene rings is 1. The highest BCUT2D eigenvalue weighted by Crippen LogP contribution is 2.61. The van der Waals surface area contributed by atoms with Crippen molar-refractivity contribution in [1.29, 1.82) is 0 Å². The van der Waals surface area contributed by atoms with Crippen LogP contribution in [0, 0.1) is 23.2 Å². The van der Waals surface area contributed by atoms with Crippen LogP contribution < -0.4 is 5.32 Å². The van der Waals surface area contributed by atoms with Gasteiger partial charge in [0.05, 0.1) is 5.56 Å². The summed E-state index contributed by atoms with van der Waals surface area (Å²) >= 11 is 3.49. The Morgan fingerprint density at radius 3 is 2.23 bits per heavy atom. The van der Waals surface area contributed by atoms with Crippen molar-refractivity contribution in [3.05, 3.63) is 34.3 Å².